The summed E-state index contributed by atoms with van der Waals surface area (Å²) in [5.74, 6) is 1.18. The Morgan fingerprint density at radius 2 is 1.57 bits per heavy atom. The summed E-state index contributed by atoms with van der Waals surface area (Å²) in [6.07, 6.45) is 14.7. The minimum Gasteiger partial charge on any atom is -0.480 e. The number of nitrogens with zero attached hydrogens (tertiary/aromatic N) is 1. The number of amides is 2. The summed E-state index contributed by atoms with van der Waals surface area (Å²) in [4.78, 5) is 36.5. The zero-order valence-electron chi connectivity index (χ0n) is 23.8. The molecule has 1 fully saturated rings. The molecule has 0 bridgehead atoms. The maximum Gasteiger partial charge on any atom is 0.327 e. The minimum atomic E-state index is -1.11. The monoisotopic (exact) mass is 540 g/mol. The van der Waals surface area contributed by atoms with E-state index in [0.29, 0.717) is 25.1 Å². The third-order valence-electron chi connectivity index (χ3n) is 7.37. The van der Waals surface area contributed by atoms with Crippen molar-refractivity contribution in [3.05, 3.63) is 11.6 Å². The average molecular weight is 541 g/mol. The van der Waals surface area contributed by atoms with Crippen LogP contribution in [0.3, 0.4) is 0 Å². The van der Waals surface area contributed by atoms with E-state index in [9.17, 15) is 24.6 Å². The summed E-state index contributed by atoms with van der Waals surface area (Å²) in [5, 5.41) is 21.2. The highest BCUT2D eigenvalue weighted by Gasteiger charge is 2.35. The van der Waals surface area contributed by atoms with Crippen LogP contribution in [-0.2, 0) is 9.59 Å². The first-order valence-corrected chi connectivity index (χ1v) is 15.4. The lowest BCUT2D eigenvalue weighted by molar-refractivity contribution is -0.141. The summed E-state index contributed by atoms with van der Waals surface area (Å²) in [6.45, 7) is 11.8. The fourth-order valence-corrected chi connectivity index (χ4v) is 5.87. The average Bonchev–Trinajstić information content (AvgIpc) is 3.31. The van der Waals surface area contributed by atoms with Crippen molar-refractivity contribution in [2.45, 2.75) is 117 Å². The van der Waals surface area contributed by atoms with Gasteiger partial charge in [-0.2, -0.15) is 11.8 Å². The number of hydrogen-bond acceptors (Lipinski definition) is 4. The lowest BCUT2D eigenvalue weighted by Crippen LogP contribution is -2.52. The molecule has 0 aromatic heterocycles. The number of allylic oxidation sites excluding steroid dienone is 1. The molecule has 0 radical (unpaired) electrons. The van der Waals surface area contributed by atoms with Crippen LogP contribution in [0.4, 0.5) is 4.79 Å². The number of hydrogen-bond donors (Lipinski definition) is 3. The minimum absolute atomic E-state index is 0.239. The van der Waals surface area contributed by atoms with Gasteiger partial charge < -0.3 is 20.4 Å². The molecule has 1 saturated heterocycles. The number of thioether (sulfide) groups is 1. The van der Waals surface area contributed by atoms with Gasteiger partial charge in [0.15, 0.2) is 0 Å². The van der Waals surface area contributed by atoms with E-state index in [1.165, 1.54) is 73.6 Å². The van der Waals surface area contributed by atoms with Crippen molar-refractivity contribution in [3.8, 4) is 0 Å². The highest BCUT2D eigenvalue weighted by Crippen LogP contribution is 2.22. The van der Waals surface area contributed by atoms with E-state index in [-0.39, 0.29) is 5.75 Å². The lowest BCUT2D eigenvalue weighted by Gasteiger charge is -2.24. The van der Waals surface area contributed by atoms with Crippen LogP contribution in [-0.4, -0.2) is 63.2 Å². The van der Waals surface area contributed by atoms with Gasteiger partial charge >= 0.3 is 18.0 Å². The number of likely N-dealkylation sites (tertiary alicyclic amines) is 1. The first kappa shape index (κ1) is 33.3. The van der Waals surface area contributed by atoms with Gasteiger partial charge in [0, 0.05) is 18.1 Å². The van der Waals surface area contributed by atoms with Crippen LogP contribution in [0.2, 0.25) is 0 Å². The normalized spacial score (nSPS) is 18.6. The Morgan fingerprint density at radius 1 is 0.973 bits per heavy atom. The van der Waals surface area contributed by atoms with Crippen molar-refractivity contribution in [3.63, 3.8) is 0 Å². The SMILES string of the molecule is C/C(=C\CSC[C@H](NC(=O)N1CCC[C@H]1C(=O)O)C(=O)O)CCCC(C)CCCC(C)CCCC(C)C. The fraction of sp³-hybridized carbons (Fsp3) is 0.828. The zero-order chi connectivity index (χ0) is 27.8. The molecule has 3 N–H and O–H groups in total. The van der Waals surface area contributed by atoms with Crippen molar-refractivity contribution in [2.75, 3.05) is 18.1 Å². The first-order valence-electron chi connectivity index (χ1n) is 14.3. The Kier molecular flexibility index (Phi) is 16.7. The van der Waals surface area contributed by atoms with Crippen molar-refractivity contribution in [2.24, 2.45) is 17.8 Å². The van der Waals surface area contributed by atoms with Gasteiger partial charge in [0.2, 0.25) is 0 Å². The molecule has 0 aliphatic carbocycles. The molecule has 4 atom stereocenters. The Labute approximate surface area is 229 Å². The molecule has 0 aromatic rings. The van der Waals surface area contributed by atoms with Crippen LogP contribution < -0.4 is 5.32 Å². The van der Waals surface area contributed by atoms with E-state index in [2.05, 4.69) is 46.0 Å². The molecule has 7 nitrogen and oxygen atoms in total. The molecule has 8 heteroatoms. The van der Waals surface area contributed by atoms with Gasteiger partial charge in [0.1, 0.15) is 12.1 Å². The predicted molar refractivity (Wildman–Crippen MR) is 153 cm³/mol. The highest BCUT2D eigenvalue weighted by molar-refractivity contribution is 7.99. The first-order chi connectivity index (χ1) is 17.5. The van der Waals surface area contributed by atoms with Crippen LogP contribution in [0.5, 0.6) is 0 Å². The number of carboxylic acid groups (broad SMARTS) is 2. The molecule has 1 aliphatic heterocycles. The van der Waals surface area contributed by atoms with Crippen LogP contribution >= 0.6 is 11.8 Å². The van der Waals surface area contributed by atoms with Crippen LogP contribution in [0.1, 0.15) is 105 Å². The van der Waals surface area contributed by atoms with Crippen LogP contribution in [0, 0.1) is 17.8 Å². The van der Waals surface area contributed by atoms with Gasteiger partial charge in [-0.1, -0.05) is 84.3 Å². The zero-order valence-corrected chi connectivity index (χ0v) is 24.7. The maximum absolute atomic E-state index is 12.4. The second-order valence-corrected chi connectivity index (χ2v) is 12.6. The summed E-state index contributed by atoms with van der Waals surface area (Å²) in [7, 11) is 0. The Bertz CT molecular complexity index is 727. The van der Waals surface area contributed by atoms with Gasteiger partial charge in [-0.05, 0) is 50.4 Å². The van der Waals surface area contributed by atoms with E-state index in [1.807, 2.05) is 0 Å². The van der Waals surface area contributed by atoms with E-state index < -0.39 is 30.1 Å². The van der Waals surface area contributed by atoms with Gasteiger partial charge in [0.05, 0.1) is 0 Å². The molecule has 1 heterocycles. The van der Waals surface area contributed by atoms with E-state index in [1.54, 1.807) is 0 Å². The van der Waals surface area contributed by atoms with Gasteiger partial charge in [-0.3, -0.25) is 0 Å². The summed E-state index contributed by atoms with van der Waals surface area (Å²) >= 11 is 1.46. The van der Waals surface area contributed by atoms with Crippen molar-refractivity contribution < 1.29 is 24.6 Å². The molecule has 1 aliphatic rings. The van der Waals surface area contributed by atoms with Gasteiger partial charge in [-0.15, -0.1) is 0 Å². The maximum atomic E-state index is 12.4. The molecule has 1 rings (SSSR count). The number of rotatable bonds is 19. The van der Waals surface area contributed by atoms with Gasteiger partial charge in [-0.25, -0.2) is 14.4 Å². The second kappa shape index (κ2) is 18.5. The number of carbonyl (C=O) groups excluding carboxylic acids is 1. The predicted octanol–water partition coefficient (Wildman–Crippen LogP) is 6.82. The summed E-state index contributed by atoms with van der Waals surface area (Å²) in [6, 6.07) is -2.53. The van der Waals surface area contributed by atoms with Crippen molar-refractivity contribution in [1.29, 1.82) is 0 Å². The smallest absolute Gasteiger partial charge is 0.327 e. The molecule has 2 unspecified atom stereocenters. The Hall–Kier alpha value is -1.70. The topological polar surface area (TPSA) is 107 Å². The van der Waals surface area contributed by atoms with Crippen molar-refractivity contribution in [1.82, 2.24) is 10.2 Å². The molecular weight excluding hydrogens is 488 g/mol. The highest BCUT2D eigenvalue weighted by atomic mass is 32.2. The molecule has 214 valence electrons. The number of urea groups is 1. The Balaban J connectivity index is 2.23. The number of nitrogens with one attached hydrogen (secondary N) is 1. The Morgan fingerprint density at radius 3 is 2.14 bits per heavy atom. The van der Waals surface area contributed by atoms with E-state index in [4.69, 9.17) is 0 Å². The fourth-order valence-electron chi connectivity index (χ4n) is 4.87. The standard InChI is InChI=1S/C29H52N2O5S/c1-21(2)10-6-11-22(3)12-7-13-23(4)14-8-15-24(5)17-19-37-20-25(27(32)33)30-29(36)31-18-9-16-26(31)28(34)35/h17,21-23,25-26H,6-16,18-20H2,1-5H3,(H,30,36)(H,32,33)(H,34,35)/b24-17+/t22?,23?,25-,26-/m0/s1. The van der Waals surface area contributed by atoms with E-state index >= 15 is 0 Å². The number of aliphatic carboxylic acids is 2. The lowest BCUT2D eigenvalue weighted by atomic mass is 9.91. The second-order valence-electron chi connectivity index (χ2n) is 11.5. The third-order valence-corrected chi connectivity index (χ3v) is 8.34. The summed E-state index contributed by atoms with van der Waals surface area (Å²) < 4.78 is 0. The quantitative estimate of drug-likeness (QED) is 0.123. The third kappa shape index (κ3) is 14.7. The molecular formula is C29H52N2O5S. The molecule has 37 heavy (non-hydrogen) atoms. The molecule has 0 saturated carbocycles. The number of carbonyl (C=O) groups is 3. The number of carboxylic acids is 2. The van der Waals surface area contributed by atoms with Gasteiger partial charge in [0.25, 0.3) is 0 Å². The molecule has 2 amide bonds. The molecule has 0 aromatic carbocycles. The summed E-state index contributed by atoms with van der Waals surface area (Å²) in [5.41, 5.74) is 1.32. The largest absolute Gasteiger partial charge is 0.480 e. The molecule has 0 spiro atoms. The van der Waals surface area contributed by atoms with Crippen LogP contribution in [0.15, 0.2) is 11.6 Å². The van der Waals surface area contributed by atoms with Crippen molar-refractivity contribution >= 4 is 29.7 Å². The van der Waals surface area contributed by atoms with E-state index in [0.717, 1.165) is 24.2 Å². The van der Waals surface area contributed by atoms with Crippen LogP contribution in [0.25, 0.3) is 0 Å².